The first kappa shape index (κ1) is 14.8. The summed E-state index contributed by atoms with van der Waals surface area (Å²) < 4.78 is 0. The van der Waals surface area contributed by atoms with Gasteiger partial charge in [0, 0.05) is 25.6 Å². The molecule has 19 heavy (non-hydrogen) atoms. The Balaban J connectivity index is 1.82. The Bertz CT molecular complexity index is 317. The van der Waals surface area contributed by atoms with Crippen molar-refractivity contribution >= 4 is 5.91 Å². The molecule has 0 aromatic carbocycles. The third-order valence-corrected chi connectivity index (χ3v) is 4.94. The van der Waals surface area contributed by atoms with Gasteiger partial charge in [0.15, 0.2) is 0 Å². The van der Waals surface area contributed by atoms with Gasteiger partial charge in [0.25, 0.3) is 0 Å². The lowest BCUT2D eigenvalue weighted by atomic mass is 9.77. The Morgan fingerprint density at radius 3 is 2.47 bits per heavy atom. The van der Waals surface area contributed by atoms with Crippen LogP contribution in [-0.2, 0) is 4.79 Å². The molecule has 3 heteroatoms. The van der Waals surface area contributed by atoms with Crippen molar-refractivity contribution in [1.29, 1.82) is 0 Å². The molecular weight excluding hydrogens is 236 g/mol. The van der Waals surface area contributed by atoms with Gasteiger partial charge in [-0.3, -0.25) is 4.79 Å². The minimum Gasteiger partial charge on any atom is -0.343 e. The van der Waals surface area contributed by atoms with Crippen LogP contribution in [0.3, 0.4) is 0 Å². The molecule has 0 aromatic rings. The molecule has 110 valence electrons. The maximum absolute atomic E-state index is 12.3. The highest BCUT2D eigenvalue weighted by atomic mass is 16.2. The summed E-state index contributed by atoms with van der Waals surface area (Å²) in [5, 5.41) is 0. The van der Waals surface area contributed by atoms with Gasteiger partial charge in [-0.15, -0.1) is 0 Å². The minimum absolute atomic E-state index is 0.106. The standard InChI is InChI=1S/C16H30N2O/c1-16(2,3)13-5-4-9-18(10-8-13)15(19)11-14(17)12-6-7-12/h12-14H,4-11,17H2,1-3H3. The van der Waals surface area contributed by atoms with Gasteiger partial charge >= 0.3 is 0 Å². The molecule has 2 fully saturated rings. The average molecular weight is 266 g/mol. The quantitative estimate of drug-likeness (QED) is 0.854. The molecule has 2 aliphatic rings. The second-order valence-corrected chi connectivity index (χ2v) is 7.58. The first-order valence-corrected chi connectivity index (χ1v) is 7.91. The number of carbonyl (C=O) groups excluding carboxylic acids is 1. The van der Waals surface area contributed by atoms with E-state index in [0.29, 0.717) is 17.8 Å². The Morgan fingerprint density at radius 2 is 1.89 bits per heavy atom. The highest BCUT2D eigenvalue weighted by Gasteiger charge is 2.32. The van der Waals surface area contributed by atoms with Crippen LogP contribution in [0.1, 0.15) is 59.3 Å². The van der Waals surface area contributed by atoms with Gasteiger partial charge in [-0.05, 0) is 49.4 Å². The van der Waals surface area contributed by atoms with E-state index in [2.05, 4.69) is 25.7 Å². The van der Waals surface area contributed by atoms with Crippen molar-refractivity contribution < 1.29 is 4.79 Å². The first-order chi connectivity index (χ1) is 8.88. The summed E-state index contributed by atoms with van der Waals surface area (Å²) in [6.45, 7) is 8.81. The molecule has 1 amide bonds. The molecule has 2 atom stereocenters. The van der Waals surface area contributed by atoms with E-state index in [1.807, 2.05) is 0 Å². The van der Waals surface area contributed by atoms with Crippen LogP contribution in [0.4, 0.5) is 0 Å². The normalized spacial score (nSPS) is 26.9. The van der Waals surface area contributed by atoms with E-state index in [1.54, 1.807) is 0 Å². The predicted octanol–water partition coefficient (Wildman–Crippen LogP) is 2.79. The maximum atomic E-state index is 12.3. The topological polar surface area (TPSA) is 46.3 Å². The molecular formula is C16H30N2O. The molecule has 1 saturated heterocycles. The third kappa shape index (κ3) is 4.20. The second kappa shape index (κ2) is 5.82. The molecule has 1 heterocycles. The van der Waals surface area contributed by atoms with Crippen LogP contribution < -0.4 is 5.73 Å². The minimum atomic E-state index is 0.106. The summed E-state index contributed by atoms with van der Waals surface area (Å²) in [5.74, 6) is 1.65. The van der Waals surface area contributed by atoms with E-state index >= 15 is 0 Å². The van der Waals surface area contributed by atoms with E-state index in [0.717, 1.165) is 31.8 Å². The second-order valence-electron chi connectivity index (χ2n) is 7.58. The summed E-state index contributed by atoms with van der Waals surface area (Å²) in [6.07, 6.45) is 6.55. The van der Waals surface area contributed by atoms with Crippen molar-refractivity contribution in [3.8, 4) is 0 Å². The number of nitrogens with zero attached hydrogens (tertiary/aromatic N) is 1. The lowest BCUT2D eigenvalue weighted by Gasteiger charge is -2.29. The van der Waals surface area contributed by atoms with Crippen molar-refractivity contribution in [2.24, 2.45) is 23.0 Å². The summed E-state index contributed by atoms with van der Waals surface area (Å²) in [7, 11) is 0. The number of likely N-dealkylation sites (tertiary alicyclic amines) is 1. The van der Waals surface area contributed by atoms with Crippen molar-refractivity contribution in [3.05, 3.63) is 0 Å². The number of nitrogens with two attached hydrogens (primary N) is 1. The zero-order chi connectivity index (χ0) is 14.0. The predicted molar refractivity (Wildman–Crippen MR) is 78.7 cm³/mol. The molecule has 0 radical (unpaired) electrons. The van der Waals surface area contributed by atoms with Crippen molar-refractivity contribution in [1.82, 2.24) is 4.90 Å². The SMILES string of the molecule is CC(C)(C)C1CCCN(C(=O)CC(N)C2CC2)CC1. The molecule has 2 N–H and O–H groups in total. The molecule has 1 aliphatic carbocycles. The highest BCUT2D eigenvalue weighted by Crippen LogP contribution is 2.35. The van der Waals surface area contributed by atoms with Crippen LogP contribution >= 0.6 is 0 Å². The molecule has 2 rings (SSSR count). The highest BCUT2D eigenvalue weighted by molar-refractivity contribution is 5.76. The summed E-state index contributed by atoms with van der Waals surface area (Å²) >= 11 is 0. The first-order valence-electron chi connectivity index (χ1n) is 7.91. The van der Waals surface area contributed by atoms with E-state index in [9.17, 15) is 4.79 Å². The Morgan fingerprint density at radius 1 is 1.21 bits per heavy atom. The van der Waals surface area contributed by atoms with Gasteiger partial charge in [0.05, 0.1) is 0 Å². The summed E-state index contributed by atoms with van der Waals surface area (Å²) in [5.41, 5.74) is 6.44. The van der Waals surface area contributed by atoms with Crippen LogP contribution in [0.25, 0.3) is 0 Å². The van der Waals surface area contributed by atoms with Crippen LogP contribution in [0.15, 0.2) is 0 Å². The zero-order valence-corrected chi connectivity index (χ0v) is 12.8. The average Bonchev–Trinajstić information content (AvgIpc) is 3.14. The van der Waals surface area contributed by atoms with Crippen LogP contribution in [0.5, 0.6) is 0 Å². The molecule has 3 nitrogen and oxygen atoms in total. The molecule has 0 bridgehead atoms. The van der Waals surface area contributed by atoms with E-state index in [4.69, 9.17) is 5.73 Å². The van der Waals surface area contributed by atoms with Gasteiger partial charge in [-0.25, -0.2) is 0 Å². The summed E-state index contributed by atoms with van der Waals surface area (Å²) in [6, 6.07) is 0.106. The van der Waals surface area contributed by atoms with E-state index in [1.165, 1.54) is 19.3 Å². The van der Waals surface area contributed by atoms with E-state index in [-0.39, 0.29) is 11.9 Å². The maximum Gasteiger partial charge on any atom is 0.224 e. The monoisotopic (exact) mass is 266 g/mol. The van der Waals surface area contributed by atoms with Gasteiger partial charge in [-0.2, -0.15) is 0 Å². The fraction of sp³-hybridized carbons (Fsp3) is 0.938. The van der Waals surface area contributed by atoms with Gasteiger partial charge in [0.2, 0.25) is 5.91 Å². The smallest absolute Gasteiger partial charge is 0.224 e. The van der Waals surface area contributed by atoms with Crippen molar-refractivity contribution in [2.45, 2.75) is 65.3 Å². The fourth-order valence-corrected chi connectivity index (χ4v) is 3.23. The molecule has 0 aromatic heterocycles. The lowest BCUT2D eigenvalue weighted by molar-refractivity contribution is -0.131. The molecule has 0 spiro atoms. The number of hydrogen-bond donors (Lipinski definition) is 1. The van der Waals surface area contributed by atoms with Crippen LogP contribution in [0.2, 0.25) is 0 Å². The Kier molecular flexibility index (Phi) is 4.54. The van der Waals surface area contributed by atoms with Crippen LogP contribution in [-0.4, -0.2) is 29.9 Å². The van der Waals surface area contributed by atoms with Crippen molar-refractivity contribution in [3.63, 3.8) is 0 Å². The largest absolute Gasteiger partial charge is 0.343 e. The number of carbonyl (C=O) groups is 1. The number of hydrogen-bond acceptors (Lipinski definition) is 2. The zero-order valence-electron chi connectivity index (χ0n) is 12.8. The molecule has 1 aliphatic heterocycles. The van der Waals surface area contributed by atoms with Crippen molar-refractivity contribution in [2.75, 3.05) is 13.1 Å². The van der Waals surface area contributed by atoms with Crippen LogP contribution in [0, 0.1) is 17.3 Å². The number of rotatable bonds is 3. The van der Waals surface area contributed by atoms with Gasteiger partial charge < -0.3 is 10.6 Å². The Labute approximate surface area is 117 Å². The number of amides is 1. The summed E-state index contributed by atoms with van der Waals surface area (Å²) in [4.78, 5) is 14.4. The Hall–Kier alpha value is -0.570. The van der Waals surface area contributed by atoms with Gasteiger partial charge in [0.1, 0.15) is 0 Å². The van der Waals surface area contributed by atoms with Gasteiger partial charge in [-0.1, -0.05) is 20.8 Å². The molecule has 2 unspecified atom stereocenters. The molecule has 1 saturated carbocycles. The lowest BCUT2D eigenvalue weighted by Crippen LogP contribution is -2.37. The van der Waals surface area contributed by atoms with E-state index < -0.39 is 0 Å². The fourth-order valence-electron chi connectivity index (χ4n) is 3.23. The third-order valence-electron chi connectivity index (χ3n) is 4.94.